The van der Waals surface area contributed by atoms with Crippen LogP contribution in [0.5, 0.6) is 11.5 Å². The molecular formula is C38H42N6O14. The quantitative estimate of drug-likeness (QED) is 0.0887. The largest absolute Gasteiger partial charge is 0.483 e. The van der Waals surface area contributed by atoms with Crippen molar-refractivity contribution in [3.63, 3.8) is 0 Å². The predicted octanol–water partition coefficient (Wildman–Crippen LogP) is -1.41. The van der Waals surface area contributed by atoms with E-state index in [-0.39, 0.29) is 120 Å². The Hall–Kier alpha value is -6.25. The van der Waals surface area contributed by atoms with E-state index in [9.17, 15) is 43.2 Å². The summed E-state index contributed by atoms with van der Waals surface area (Å²) in [5.74, 6) is -4.34. The molecule has 4 aliphatic rings. The molecule has 9 amide bonds. The molecule has 2 aromatic rings. The second-order valence-electron chi connectivity index (χ2n) is 13.4. The van der Waals surface area contributed by atoms with E-state index < -0.39 is 60.0 Å². The molecule has 0 radical (unpaired) electrons. The molecule has 2 fully saturated rings. The van der Waals surface area contributed by atoms with Gasteiger partial charge < -0.3 is 39.2 Å². The normalized spacial score (nSPS) is 18.8. The number of nitrogens with one attached hydrogen (secondary N) is 4. The Morgan fingerprint density at radius 3 is 1.72 bits per heavy atom. The lowest BCUT2D eigenvalue weighted by molar-refractivity contribution is -0.138. The maximum Gasteiger partial charge on any atom is 0.266 e. The van der Waals surface area contributed by atoms with Gasteiger partial charge in [-0.25, -0.2) is 0 Å². The molecule has 2 aromatic carbocycles. The van der Waals surface area contributed by atoms with Gasteiger partial charge in [-0.15, -0.1) is 0 Å². The van der Waals surface area contributed by atoms with Crippen LogP contribution in [0.2, 0.25) is 0 Å². The van der Waals surface area contributed by atoms with Gasteiger partial charge in [0.05, 0.1) is 57.3 Å². The van der Waals surface area contributed by atoms with Crippen molar-refractivity contribution in [1.82, 2.24) is 31.1 Å². The minimum absolute atomic E-state index is 0.00660. The molecule has 0 spiro atoms. The average molecular weight is 807 g/mol. The van der Waals surface area contributed by atoms with Gasteiger partial charge in [-0.3, -0.25) is 58.7 Å². The van der Waals surface area contributed by atoms with E-state index in [0.717, 1.165) is 4.90 Å². The molecule has 6 rings (SSSR count). The summed E-state index contributed by atoms with van der Waals surface area (Å²) in [6, 6.07) is 7.41. The van der Waals surface area contributed by atoms with Gasteiger partial charge in [0, 0.05) is 37.1 Å². The number of fused-ring (bicyclic) bond motifs is 2. The summed E-state index contributed by atoms with van der Waals surface area (Å²) in [6.45, 7) is 1.30. The highest BCUT2D eigenvalue weighted by atomic mass is 16.5. The smallest absolute Gasteiger partial charge is 0.266 e. The van der Waals surface area contributed by atoms with Gasteiger partial charge in [0.25, 0.3) is 29.5 Å². The average Bonchev–Trinajstić information content (AvgIpc) is 3.67. The third-order valence-electron chi connectivity index (χ3n) is 9.57. The van der Waals surface area contributed by atoms with Gasteiger partial charge in [-0.2, -0.15) is 0 Å². The van der Waals surface area contributed by atoms with Gasteiger partial charge in [0.15, 0.2) is 13.2 Å². The number of imide groups is 3. The monoisotopic (exact) mass is 806 g/mol. The van der Waals surface area contributed by atoms with Crippen LogP contribution in [-0.2, 0) is 49.5 Å². The van der Waals surface area contributed by atoms with Gasteiger partial charge in [-0.1, -0.05) is 12.1 Å². The van der Waals surface area contributed by atoms with Crippen LogP contribution in [0.1, 0.15) is 62.3 Å². The Morgan fingerprint density at radius 2 is 1.14 bits per heavy atom. The second-order valence-corrected chi connectivity index (χ2v) is 13.4. The van der Waals surface area contributed by atoms with Crippen molar-refractivity contribution in [2.75, 3.05) is 65.9 Å². The zero-order valence-electron chi connectivity index (χ0n) is 31.3. The van der Waals surface area contributed by atoms with Gasteiger partial charge in [0.2, 0.25) is 23.6 Å². The number of carbonyl (C=O) groups is 9. The molecule has 0 aromatic heterocycles. The fraction of sp³-hybridized carbons (Fsp3) is 0.447. The first-order chi connectivity index (χ1) is 28.0. The van der Waals surface area contributed by atoms with Crippen molar-refractivity contribution in [3.05, 3.63) is 58.7 Å². The maximum atomic E-state index is 13.1. The number of nitrogens with zero attached hydrogens (tertiary/aromatic N) is 2. The fourth-order valence-corrected chi connectivity index (χ4v) is 6.75. The number of carbonyl (C=O) groups excluding carboxylic acids is 9. The van der Waals surface area contributed by atoms with E-state index >= 15 is 0 Å². The second kappa shape index (κ2) is 19.3. The van der Waals surface area contributed by atoms with E-state index in [0.29, 0.717) is 16.9 Å². The highest BCUT2D eigenvalue weighted by molar-refractivity contribution is 6.24. The SMILES string of the molecule is O=C(COc1cccc2c1CN(C1CCC(=O)NC1=O)C2=O)NCCOCCOCCOCCNC(=O)COc1cccc2c1C(=O)N(C1CCC(=O)NC1=O)C2=O. The fourth-order valence-electron chi connectivity index (χ4n) is 6.75. The molecule has 0 saturated carbocycles. The predicted molar refractivity (Wildman–Crippen MR) is 195 cm³/mol. The molecule has 4 heterocycles. The lowest BCUT2D eigenvalue weighted by Crippen LogP contribution is -2.54. The Bertz CT molecular complexity index is 1990. The molecule has 4 N–H and O–H groups in total. The van der Waals surface area contributed by atoms with Crippen LogP contribution in [0.15, 0.2) is 36.4 Å². The Labute approximate surface area is 331 Å². The summed E-state index contributed by atoms with van der Waals surface area (Å²) in [7, 11) is 0. The zero-order chi connectivity index (χ0) is 41.2. The molecule has 4 aliphatic heterocycles. The van der Waals surface area contributed by atoms with Gasteiger partial charge in [0.1, 0.15) is 23.6 Å². The molecule has 0 aliphatic carbocycles. The lowest BCUT2D eigenvalue weighted by Gasteiger charge is -2.29. The summed E-state index contributed by atoms with van der Waals surface area (Å²) in [5.41, 5.74) is 0.947. The molecular weight excluding hydrogens is 764 g/mol. The third kappa shape index (κ3) is 9.82. The molecule has 308 valence electrons. The molecule has 58 heavy (non-hydrogen) atoms. The molecule has 2 atom stereocenters. The summed E-state index contributed by atoms with van der Waals surface area (Å²) >= 11 is 0. The molecule has 2 unspecified atom stereocenters. The standard InChI is InChI=1S/C38H42N6O14/c45-29-9-7-25(34(49)41-29)43-19-24-22(36(43)51)3-1-5-27(24)57-20-31(47)39-11-13-54-15-17-56-18-16-55-14-12-40-32(48)21-58-28-6-2-4-23-33(28)38(53)44(37(23)52)26-8-10-30(46)42-35(26)50/h1-6,25-26H,7-21H2,(H,39,47)(H,40,48)(H,41,45,49)(H,42,46,50). The third-order valence-corrected chi connectivity index (χ3v) is 9.57. The number of benzene rings is 2. The number of hydrogen-bond donors (Lipinski definition) is 4. The van der Waals surface area contributed by atoms with E-state index in [2.05, 4.69) is 21.3 Å². The summed E-state index contributed by atoms with van der Waals surface area (Å²) in [6.07, 6.45) is 0.398. The molecule has 20 nitrogen and oxygen atoms in total. The van der Waals surface area contributed by atoms with E-state index in [1.54, 1.807) is 18.2 Å². The lowest BCUT2D eigenvalue weighted by atomic mass is 10.0. The highest BCUT2D eigenvalue weighted by Crippen LogP contribution is 2.35. The van der Waals surface area contributed by atoms with Crippen molar-refractivity contribution >= 4 is 53.2 Å². The van der Waals surface area contributed by atoms with Crippen LogP contribution >= 0.6 is 0 Å². The van der Waals surface area contributed by atoms with Crippen molar-refractivity contribution in [2.24, 2.45) is 0 Å². The molecule has 2 saturated heterocycles. The number of hydrogen-bond acceptors (Lipinski definition) is 14. The van der Waals surface area contributed by atoms with Crippen LogP contribution in [0.4, 0.5) is 0 Å². The minimum Gasteiger partial charge on any atom is -0.483 e. The van der Waals surface area contributed by atoms with Crippen molar-refractivity contribution in [2.45, 2.75) is 44.3 Å². The van der Waals surface area contributed by atoms with E-state index in [4.69, 9.17) is 23.7 Å². The first-order valence-corrected chi connectivity index (χ1v) is 18.7. The van der Waals surface area contributed by atoms with E-state index in [1.807, 2.05) is 0 Å². The van der Waals surface area contributed by atoms with Crippen molar-refractivity contribution in [3.8, 4) is 11.5 Å². The Balaban J connectivity index is 0.769. The van der Waals surface area contributed by atoms with Gasteiger partial charge in [-0.05, 0) is 37.1 Å². The number of ether oxygens (including phenoxy) is 5. The summed E-state index contributed by atoms with van der Waals surface area (Å²) in [4.78, 5) is 114. The first-order valence-electron chi connectivity index (χ1n) is 18.7. The zero-order valence-corrected chi connectivity index (χ0v) is 31.3. The minimum atomic E-state index is -1.12. The van der Waals surface area contributed by atoms with Gasteiger partial charge >= 0.3 is 0 Å². The topological polar surface area (TPSA) is 254 Å². The van der Waals surface area contributed by atoms with Crippen molar-refractivity contribution in [1.29, 1.82) is 0 Å². The first kappa shape index (κ1) is 41.4. The van der Waals surface area contributed by atoms with Crippen LogP contribution < -0.4 is 30.7 Å². The highest BCUT2D eigenvalue weighted by Gasteiger charge is 2.46. The maximum absolute atomic E-state index is 13.1. The van der Waals surface area contributed by atoms with Crippen molar-refractivity contribution < 1.29 is 66.8 Å². The summed E-state index contributed by atoms with van der Waals surface area (Å²) in [5, 5.41) is 9.71. The van der Waals surface area contributed by atoms with E-state index in [1.165, 1.54) is 23.1 Å². The Morgan fingerprint density at radius 1 is 0.621 bits per heavy atom. The molecule has 0 bridgehead atoms. The van der Waals surface area contributed by atoms with Crippen LogP contribution in [0.25, 0.3) is 0 Å². The van der Waals surface area contributed by atoms with Crippen LogP contribution in [-0.4, -0.2) is 141 Å². The van der Waals surface area contributed by atoms with Crippen LogP contribution in [0, 0.1) is 0 Å². The Kier molecular flexibility index (Phi) is 13.7. The number of piperidine rings is 2. The number of rotatable bonds is 20. The molecule has 20 heteroatoms. The van der Waals surface area contributed by atoms with Crippen LogP contribution in [0.3, 0.4) is 0 Å². The number of amides is 9. The summed E-state index contributed by atoms with van der Waals surface area (Å²) < 4.78 is 27.6.